The van der Waals surface area contributed by atoms with E-state index in [9.17, 15) is 19.2 Å². The SMILES string of the molecule is [2H]c1c([2H])c(-c2c([2H])c([2H])c3oc4c([2H])c([2H])c5c([2H])c([2H])c([2H])c([2H])c5c4c3c2[2H])c(-c2cc([2H])c3c([2H])c([2H])c4c([2H])c([2H])c([2H])c5c([2H])c([2H])c2c3c45)c([2H])c1-c1c([2H])c([2H])c2c([2H])c([2H])c3c([2H])c([2H])c([2H])c4c([2H])c([2H])c1c2c34. The van der Waals surface area contributed by atoms with Gasteiger partial charge in [0.1, 0.15) is 11.2 Å². The summed E-state index contributed by atoms with van der Waals surface area (Å²) in [6.07, 6.45) is 0. The second-order valence-corrected chi connectivity index (χ2v) is 12.8. The minimum atomic E-state index is -1.10. The topological polar surface area (TPSA) is 13.1 Å². The first-order valence-electron chi connectivity index (χ1n) is 31.2. The summed E-state index contributed by atoms with van der Waals surface area (Å²) in [7, 11) is 0. The van der Waals surface area contributed by atoms with Crippen molar-refractivity contribution in [1.82, 2.24) is 0 Å². The van der Waals surface area contributed by atoms with Crippen LogP contribution in [0.3, 0.4) is 0 Å². The lowest BCUT2D eigenvalue weighted by Crippen LogP contribution is -1.92. The van der Waals surface area contributed by atoms with E-state index < -0.39 is 284 Å². The Morgan fingerprint density at radius 1 is 0.291 bits per heavy atom. The van der Waals surface area contributed by atoms with E-state index in [0.29, 0.717) is 0 Å². The lowest BCUT2D eigenvalue weighted by Gasteiger charge is -2.19. The number of benzene rings is 12. The minimum Gasteiger partial charge on any atom is -0.456 e. The fraction of sp³-hybridized carbons (Fsp3) is 0. The summed E-state index contributed by atoms with van der Waals surface area (Å²) in [5, 5.41) is -6.96. The van der Waals surface area contributed by atoms with Crippen molar-refractivity contribution < 1.29 is 44.2 Å². The van der Waals surface area contributed by atoms with E-state index in [2.05, 4.69) is 0 Å². The maximum absolute atomic E-state index is 10.5. The standard InChI is InChI=1S/C54H30O/c1-2-10-42-31(5-1)20-28-49-54(42)47-30-39(21-27-48(47)55-49)41-23-19-38(40-22-15-36-13-11-32-6-3-8-34-17-25-44(40)52(36)50(32)34)29-46(41)43-24-16-37-14-12-33-7-4-9-35-18-26-45(43)53(37)51(33)35/h1-30H/i1D,2D,3D,4D,5D,6D,7D,8D,9D,10D,11D,12D,13D,14D,15D,16D,17D,18D,19D,20D,21D,22D,23D,25D,26D,27D,28D,29D,30D. The molecule has 1 nitrogen and oxygen atoms in total. The molecule has 252 valence electrons. The van der Waals surface area contributed by atoms with Crippen LogP contribution in [0.15, 0.2) is 186 Å². The molecule has 0 saturated carbocycles. The van der Waals surface area contributed by atoms with Crippen molar-refractivity contribution in [3.63, 3.8) is 0 Å². The van der Waals surface area contributed by atoms with Gasteiger partial charge < -0.3 is 4.42 Å². The van der Waals surface area contributed by atoms with Gasteiger partial charge in [0.25, 0.3) is 0 Å². The van der Waals surface area contributed by atoms with Crippen LogP contribution in [0.2, 0.25) is 0 Å². The van der Waals surface area contributed by atoms with Crippen molar-refractivity contribution >= 4 is 97.3 Å². The van der Waals surface area contributed by atoms with Gasteiger partial charge in [0.05, 0.1) is 39.8 Å². The predicted molar refractivity (Wildman–Crippen MR) is 235 cm³/mol. The number of furan rings is 1. The first kappa shape index (κ1) is 13.3. The molecule has 0 amide bonds. The Morgan fingerprint density at radius 3 is 1.56 bits per heavy atom. The van der Waals surface area contributed by atoms with Crippen LogP contribution in [-0.2, 0) is 0 Å². The van der Waals surface area contributed by atoms with Gasteiger partial charge in [-0.25, -0.2) is 0 Å². The lowest BCUT2D eigenvalue weighted by atomic mass is 9.84. The van der Waals surface area contributed by atoms with Crippen LogP contribution < -0.4 is 0 Å². The largest absolute Gasteiger partial charge is 0.456 e. The Bertz CT molecular complexity index is 5360. The molecule has 0 radical (unpaired) electrons. The minimum absolute atomic E-state index is 0.308. The first-order valence-corrected chi connectivity index (χ1v) is 16.7. The first-order chi connectivity index (χ1) is 39.4. The maximum Gasteiger partial charge on any atom is 0.136 e. The molecule has 0 spiro atoms. The molecular weight excluding hydrogens is 665 g/mol. The Balaban J connectivity index is 1.32. The summed E-state index contributed by atoms with van der Waals surface area (Å²) in [4.78, 5) is 0. The third-order valence-electron chi connectivity index (χ3n) is 9.97. The zero-order valence-corrected chi connectivity index (χ0v) is 27.5. The number of hydrogen-bond donors (Lipinski definition) is 0. The summed E-state index contributed by atoms with van der Waals surface area (Å²) in [5.74, 6) is 0. The van der Waals surface area contributed by atoms with Crippen molar-refractivity contribution in [2.24, 2.45) is 0 Å². The average molecular weight is 724 g/mol. The van der Waals surface area contributed by atoms with Gasteiger partial charge in [0.2, 0.25) is 0 Å². The van der Waals surface area contributed by atoms with Crippen LogP contribution in [0.4, 0.5) is 0 Å². The van der Waals surface area contributed by atoms with Crippen LogP contribution >= 0.6 is 0 Å². The normalized spacial score (nSPS) is 19.7. The van der Waals surface area contributed by atoms with Gasteiger partial charge in [0.15, 0.2) is 0 Å². The van der Waals surface area contributed by atoms with Gasteiger partial charge in [-0.05, 0) is 133 Å². The van der Waals surface area contributed by atoms with Gasteiger partial charge >= 0.3 is 0 Å². The molecule has 0 aliphatic carbocycles. The molecule has 13 aromatic rings. The molecule has 0 aliphatic rings. The molecule has 0 aliphatic heterocycles. The molecule has 0 atom stereocenters. The highest BCUT2D eigenvalue weighted by atomic mass is 16.3. The molecule has 0 saturated heterocycles. The zero-order chi connectivity index (χ0) is 61.0. The Kier molecular flexibility index (Phi) is 2.58. The highest BCUT2D eigenvalue weighted by molar-refractivity contribution is 6.27. The van der Waals surface area contributed by atoms with E-state index in [1.54, 1.807) is 0 Å². The molecule has 1 heteroatoms. The summed E-state index contributed by atoms with van der Waals surface area (Å²) >= 11 is 0. The number of rotatable bonds is 3. The van der Waals surface area contributed by atoms with E-state index in [1.807, 2.05) is 0 Å². The van der Waals surface area contributed by atoms with Crippen LogP contribution in [0.1, 0.15) is 39.8 Å². The quantitative estimate of drug-likeness (QED) is 0.165. The van der Waals surface area contributed by atoms with E-state index in [1.165, 1.54) is 0 Å². The van der Waals surface area contributed by atoms with Gasteiger partial charge in [-0.1, -0.05) is 157 Å². The molecule has 0 bridgehead atoms. The third kappa shape index (κ3) is 4.02. The molecule has 0 unspecified atom stereocenters. The van der Waals surface area contributed by atoms with Crippen LogP contribution in [0.5, 0.6) is 0 Å². The maximum atomic E-state index is 10.5. The summed E-state index contributed by atoms with van der Waals surface area (Å²) in [6, 6.07) is -23.0. The van der Waals surface area contributed by atoms with Gasteiger partial charge in [-0.2, -0.15) is 0 Å². The van der Waals surface area contributed by atoms with Crippen LogP contribution in [0, 0.1) is 0 Å². The van der Waals surface area contributed by atoms with Gasteiger partial charge in [0, 0.05) is 10.8 Å². The molecule has 0 N–H and O–H groups in total. The molecule has 1 aromatic heterocycles. The molecule has 1 heterocycles. The summed E-state index contributed by atoms with van der Waals surface area (Å²) in [5.41, 5.74) is -5.72. The van der Waals surface area contributed by atoms with Crippen molar-refractivity contribution in [1.29, 1.82) is 0 Å². The molecule has 13 rings (SSSR count). The van der Waals surface area contributed by atoms with Gasteiger partial charge in [-0.3, -0.25) is 0 Å². The summed E-state index contributed by atoms with van der Waals surface area (Å²) < 4.78 is 274. The van der Waals surface area contributed by atoms with E-state index in [-0.39, 0.29) is 21.5 Å². The summed E-state index contributed by atoms with van der Waals surface area (Å²) in [6.45, 7) is 0. The molecule has 12 aromatic carbocycles. The number of fused-ring (bicyclic) bond motifs is 5. The lowest BCUT2D eigenvalue weighted by molar-refractivity contribution is 0.669. The van der Waals surface area contributed by atoms with Crippen molar-refractivity contribution in [3.8, 4) is 33.4 Å². The average Bonchev–Trinajstić information content (AvgIpc) is 0.810. The molecule has 0 fully saturated rings. The molecular formula is C54H30O. The highest BCUT2D eigenvalue weighted by Gasteiger charge is 2.19. The van der Waals surface area contributed by atoms with Crippen LogP contribution in [0.25, 0.3) is 131 Å². The second kappa shape index (κ2) is 10.7. The van der Waals surface area contributed by atoms with Gasteiger partial charge in [-0.15, -0.1) is 0 Å². The Hall–Kier alpha value is -7.22. The number of hydrogen-bond acceptors (Lipinski definition) is 1. The fourth-order valence-electron chi connectivity index (χ4n) is 7.57. The van der Waals surface area contributed by atoms with Crippen LogP contribution in [-0.4, -0.2) is 0 Å². The van der Waals surface area contributed by atoms with E-state index in [0.717, 1.165) is 6.07 Å². The smallest absolute Gasteiger partial charge is 0.136 e. The predicted octanol–water partition coefficient (Wildman–Crippen LogP) is 15.5. The van der Waals surface area contributed by atoms with E-state index >= 15 is 0 Å². The highest BCUT2D eigenvalue weighted by Crippen LogP contribution is 2.46. The van der Waals surface area contributed by atoms with E-state index in [4.69, 9.17) is 25.0 Å². The van der Waals surface area contributed by atoms with Crippen molar-refractivity contribution in [2.75, 3.05) is 0 Å². The molecule has 55 heavy (non-hydrogen) atoms. The monoisotopic (exact) mass is 723 g/mol. The van der Waals surface area contributed by atoms with Crippen molar-refractivity contribution in [3.05, 3.63) is 181 Å². The van der Waals surface area contributed by atoms with Crippen molar-refractivity contribution in [2.45, 2.75) is 0 Å². The fourth-order valence-corrected chi connectivity index (χ4v) is 7.57. The third-order valence-corrected chi connectivity index (χ3v) is 9.97. The second-order valence-electron chi connectivity index (χ2n) is 12.8. The zero-order valence-electron chi connectivity index (χ0n) is 56.5. The Labute approximate surface area is 356 Å². The Morgan fingerprint density at radius 2 is 0.818 bits per heavy atom.